The molecule has 186 valence electrons. The van der Waals surface area contributed by atoms with Gasteiger partial charge in [-0.2, -0.15) is 0 Å². The molecule has 0 bridgehead atoms. The predicted octanol–water partition coefficient (Wildman–Crippen LogP) is 4.80. The van der Waals surface area contributed by atoms with Crippen LogP contribution >= 0.6 is 0 Å². The smallest absolute Gasteiger partial charge is 0.228 e. The van der Waals surface area contributed by atoms with Gasteiger partial charge in [0.2, 0.25) is 5.91 Å². The highest BCUT2D eigenvalue weighted by molar-refractivity contribution is 5.95. The summed E-state index contributed by atoms with van der Waals surface area (Å²) in [5.41, 5.74) is 5.96. The van der Waals surface area contributed by atoms with E-state index in [1.54, 1.807) is 4.90 Å². The van der Waals surface area contributed by atoms with E-state index in [0.717, 1.165) is 71.5 Å². The van der Waals surface area contributed by atoms with Crippen molar-refractivity contribution in [3.05, 3.63) is 72.1 Å². The number of carbonyl (C=O) groups is 1. The maximum atomic E-state index is 12.3. The first-order valence-electron chi connectivity index (χ1n) is 12.8. The van der Waals surface area contributed by atoms with E-state index in [9.17, 15) is 4.79 Å². The van der Waals surface area contributed by atoms with E-state index in [0.29, 0.717) is 24.6 Å². The number of aromatic amines is 1. The van der Waals surface area contributed by atoms with Crippen molar-refractivity contribution in [1.29, 1.82) is 0 Å². The predicted molar refractivity (Wildman–Crippen MR) is 142 cm³/mol. The van der Waals surface area contributed by atoms with E-state index in [2.05, 4.69) is 62.4 Å². The van der Waals surface area contributed by atoms with Crippen LogP contribution in [0.15, 0.2) is 60.7 Å². The number of fused-ring (bicyclic) bond motifs is 1. The number of hydrogen-bond acceptors (Lipinski definition) is 6. The fourth-order valence-corrected chi connectivity index (χ4v) is 4.96. The highest BCUT2D eigenvalue weighted by atomic mass is 16.2. The molecular weight excluding hydrogens is 464 g/mol. The van der Waals surface area contributed by atoms with Gasteiger partial charge in [-0.15, -0.1) is 5.10 Å². The van der Waals surface area contributed by atoms with Gasteiger partial charge in [-0.05, 0) is 52.1 Å². The lowest BCUT2D eigenvalue weighted by Gasteiger charge is -2.15. The number of unbranched alkanes of at least 4 members (excludes halogenated alkanes) is 1. The van der Waals surface area contributed by atoms with Gasteiger partial charge >= 0.3 is 0 Å². The zero-order valence-corrected chi connectivity index (χ0v) is 20.8. The number of carbonyl (C=O) groups excluding carboxylic acids is 1. The molecule has 3 aromatic heterocycles. The molecule has 9 heteroatoms. The molecule has 0 aliphatic carbocycles. The van der Waals surface area contributed by atoms with Crippen LogP contribution in [0.1, 0.15) is 44.0 Å². The summed E-state index contributed by atoms with van der Waals surface area (Å²) in [5, 5.41) is 14.4. The van der Waals surface area contributed by atoms with Gasteiger partial charge in [0.1, 0.15) is 17.2 Å². The van der Waals surface area contributed by atoms with Gasteiger partial charge in [0.05, 0.1) is 6.54 Å². The molecule has 37 heavy (non-hydrogen) atoms. The van der Waals surface area contributed by atoms with Gasteiger partial charge in [-0.3, -0.25) is 9.69 Å². The molecule has 1 fully saturated rings. The largest absolute Gasteiger partial charge is 0.308 e. The van der Waals surface area contributed by atoms with Crippen LogP contribution in [-0.2, 0) is 17.8 Å². The zero-order chi connectivity index (χ0) is 25.2. The highest BCUT2D eigenvalue weighted by Crippen LogP contribution is 2.30. The van der Waals surface area contributed by atoms with Crippen molar-refractivity contribution >= 4 is 22.9 Å². The SMILES string of the molecule is CCCCc1nc2ccc(N3CCCC3=O)nc2n1Cc1ccc(-c2ccccc2-c2nnn[nH]2)cc1. The number of anilines is 1. The van der Waals surface area contributed by atoms with Crippen LogP contribution in [0.25, 0.3) is 33.7 Å². The molecule has 5 aromatic rings. The number of benzene rings is 2. The molecule has 6 rings (SSSR count). The van der Waals surface area contributed by atoms with Gasteiger partial charge in [0.15, 0.2) is 11.5 Å². The molecule has 0 saturated carbocycles. The quantitative estimate of drug-likeness (QED) is 0.334. The molecule has 1 aliphatic heterocycles. The number of rotatable bonds is 8. The molecule has 1 saturated heterocycles. The minimum atomic E-state index is 0.140. The summed E-state index contributed by atoms with van der Waals surface area (Å²) < 4.78 is 2.21. The van der Waals surface area contributed by atoms with E-state index in [-0.39, 0.29) is 5.91 Å². The van der Waals surface area contributed by atoms with Crippen LogP contribution in [0.4, 0.5) is 5.82 Å². The maximum Gasteiger partial charge on any atom is 0.228 e. The molecule has 0 spiro atoms. The number of amides is 1. The third kappa shape index (κ3) is 4.48. The van der Waals surface area contributed by atoms with Crippen molar-refractivity contribution in [2.24, 2.45) is 0 Å². The number of nitrogens with zero attached hydrogens (tertiary/aromatic N) is 7. The summed E-state index contributed by atoms with van der Waals surface area (Å²) in [6.07, 6.45) is 4.51. The molecule has 0 unspecified atom stereocenters. The Hall–Kier alpha value is -4.40. The van der Waals surface area contributed by atoms with Crippen LogP contribution in [-0.4, -0.2) is 47.6 Å². The summed E-state index contributed by atoms with van der Waals surface area (Å²) in [6, 6.07) is 20.5. The first-order chi connectivity index (χ1) is 18.2. The van der Waals surface area contributed by atoms with Gasteiger partial charge in [0, 0.05) is 24.9 Å². The molecule has 9 nitrogen and oxygen atoms in total. The van der Waals surface area contributed by atoms with Gasteiger partial charge in [-0.25, -0.2) is 15.1 Å². The first-order valence-corrected chi connectivity index (χ1v) is 12.8. The lowest BCUT2D eigenvalue weighted by molar-refractivity contribution is -0.117. The standard InChI is InChI=1S/C28H28N8O/c1-2-3-9-24-29-23-15-16-25(35-17-6-10-26(35)37)30-28(23)36(24)18-19-11-13-20(14-12-19)21-7-4-5-8-22(21)27-31-33-34-32-27/h4-5,7-8,11-16H,2-3,6,9-10,17-18H2,1H3,(H,31,32,33,34). The molecule has 0 atom stereocenters. The highest BCUT2D eigenvalue weighted by Gasteiger charge is 2.24. The van der Waals surface area contributed by atoms with Crippen LogP contribution < -0.4 is 4.90 Å². The Balaban J connectivity index is 1.34. The Morgan fingerprint density at radius 3 is 2.54 bits per heavy atom. The minimum Gasteiger partial charge on any atom is -0.308 e. The van der Waals surface area contributed by atoms with E-state index in [4.69, 9.17) is 9.97 Å². The summed E-state index contributed by atoms with van der Waals surface area (Å²) >= 11 is 0. The van der Waals surface area contributed by atoms with Crippen molar-refractivity contribution in [3.63, 3.8) is 0 Å². The third-order valence-electron chi connectivity index (χ3n) is 6.89. The van der Waals surface area contributed by atoms with Crippen molar-refractivity contribution in [2.75, 3.05) is 11.4 Å². The minimum absolute atomic E-state index is 0.140. The Labute approximate surface area is 214 Å². The second kappa shape index (κ2) is 9.93. The molecule has 4 heterocycles. The Morgan fingerprint density at radius 2 is 1.81 bits per heavy atom. The Bertz CT molecular complexity index is 1540. The summed E-state index contributed by atoms with van der Waals surface area (Å²) in [6.45, 7) is 3.57. The molecule has 1 N–H and O–H groups in total. The van der Waals surface area contributed by atoms with E-state index in [1.165, 1.54) is 0 Å². The monoisotopic (exact) mass is 492 g/mol. The van der Waals surface area contributed by atoms with Gasteiger partial charge in [0.25, 0.3) is 0 Å². The van der Waals surface area contributed by atoms with Crippen molar-refractivity contribution < 1.29 is 4.79 Å². The summed E-state index contributed by atoms with van der Waals surface area (Å²) in [4.78, 5) is 24.0. The number of nitrogens with one attached hydrogen (secondary N) is 1. The molecule has 1 aliphatic rings. The Kier molecular flexibility index (Phi) is 6.18. The van der Waals surface area contributed by atoms with Gasteiger partial charge in [-0.1, -0.05) is 61.9 Å². The molecule has 0 radical (unpaired) electrons. The molecular formula is C28H28N8O. The van der Waals surface area contributed by atoms with Crippen molar-refractivity contribution in [2.45, 2.75) is 45.6 Å². The Morgan fingerprint density at radius 1 is 0.973 bits per heavy atom. The summed E-state index contributed by atoms with van der Waals surface area (Å²) in [7, 11) is 0. The average molecular weight is 493 g/mol. The first kappa shape index (κ1) is 23.0. The number of imidazole rings is 1. The van der Waals surface area contributed by atoms with E-state index >= 15 is 0 Å². The lowest BCUT2D eigenvalue weighted by Crippen LogP contribution is -2.24. The number of pyridine rings is 1. The number of hydrogen-bond donors (Lipinski definition) is 1. The molecule has 1 amide bonds. The van der Waals surface area contributed by atoms with E-state index < -0.39 is 0 Å². The zero-order valence-electron chi connectivity index (χ0n) is 20.8. The third-order valence-corrected chi connectivity index (χ3v) is 6.89. The normalized spacial score (nSPS) is 13.6. The van der Waals surface area contributed by atoms with Crippen LogP contribution in [0.5, 0.6) is 0 Å². The lowest BCUT2D eigenvalue weighted by atomic mass is 9.98. The van der Waals surface area contributed by atoms with Crippen LogP contribution in [0.2, 0.25) is 0 Å². The second-order valence-corrected chi connectivity index (χ2v) is 9.37. The second-order valence-electron chi connectivity index (χ2n) is 9.37. The maximum absolute atomic E-state index is 12.3. The van der Waals surface area contributed by atoms with Gasteiger partial charge < -0.3 is 4.57 Å². The van der Waals surface area contributed by atoms with Crippen molar-refractivity contribution in [3.8, 4) is 22.5 Å². The number of H-pyrrole nitrogens is 1. The van der Waals surface area contributed by atoms with Crippen LogP contribution in [0, 0.1) is 0 Å². The summed E-state index contributed by atoms with van der Waals surface area (Å²) in [5.74, 6) is 2.53. The number of tetrazole rings is 1. The van der Waals surface area contributed by atoms with Crippen LogP contribution in [0.3, 0.4) is 0 Å². The molecule has 2 aromatic carbocycles. The number of aromatic nitrogens is 7. The fraction of sp³-hybridized carbons (Fsp3) is 0.286. The topological polar surface area (TPSA) is 105 Å². The van der Waals surface area contributed by atoms with Crippen molar-refractivity contribution in [1.82, 2.24) is 35.2 Å². The average Bonchev–Trinajstić information content (AvgIpc) is 3.69. The number of aryl methyl sites for hydroxylation is 1. The van der Waals surface area contributed by atoms with E-state index in [1.807, 2.05) is 30.3 Å². The fourth-order valence-electron chi connectivity index (χ4n) is 4.96.